The molecular formula is C17H22ClNO2. The van der Waals surface area contributed by atoms with Gasteiger partial charge in [-0.1, -0.05) is 49.1 Å². The van der Waals surface area contributed by atoms with Crippen LogP contribution < -0.4 is 5.32 Å². The van der Waals surface area contributed by atoms with E-state index < -0.39 is 5.54 Å². The molecule has 21 heavy (non-hydrogen) atoms. The number of aliphatic hydroxyl groups is 1. The fourth-order valence-electron chi connectivity index (χ4n) is 3.05. The van der Waals surface area contributed by atoms with Crippen LogP contribution in [0.25, 0.3) is 0 Å². The van der Waals surface area contributed by atoms with Crippen molar-refractivity contribution >= 4 is 17.5 Å². The average Bonchev–Trinajstić information content (AvgIpc) is 2.68. The highest BCUT2D eigenvalue weighted by molar-refractivity contribution is 6.33. The van der Waals surface area contributed by atoms with Crippen LogP contribution >= 0.6 is 11.6 Å². The molecule has 0 saturated heterocycles. The van der Waals surface area contributed by atoms with Gasteiger partial charge in [-0.05, 0) is 32.8 Å². The number of aliphatic hydroxyl groups excluding tert-OH is 1. The van der Waals surface area contributed by atoms with E-state index >= 15 is 0 Å². The van der Waals surface area contributed by atoms with Crippen molar-refractivity contribution in [3.8, 4) is 0 Å². The van der Waals surface area contributed by atoms with Gasteiger partial charge in [0.2, 0.25) is 0 Å². The fraction of sp³-hybridized carbons (Fsp3) is 0.471. The Morgan fingerprint density at radius 1 is 1.38 bits per heavy atom. The summed E-state index contributed by atoms with van der Waals surface area (Å²) in [5, 5.41) is 13.9. The summed E-state index contributed by atoms with van der Waals surface area (Å²) in [4.78, 5) is 12.4. The minimum Gasteiger partial charge on any atom is -0.509 e. The second-order valence-electron chi connectivity index (χ2n) is 5.82. The molecule has 1 amide bonds. The Bertz CT molecular complexity index is 563. The van der Waals surface area contributed by atoms with Gasteiger partial charge in [0.15, 0.2) is 0 Å². The van der Waals surface area contributed by atoms with E-state index in [-0.39, 0.29) is 22.3 Å². The lowest BCUT2D eigenvalue weighted by molar-refractivity contribution is -0.117. The molecule has 1 fully saturated rings. The van der Waals surface area contributed by atoms with Gasteiger partial charge < -0.3 is 10.4 Å². The molecule has 3 nitrogen and oxygen atoms in total. The van der Waals surface area contributed by atoms with Gasteiger partial charge in [0.1, 0.15) is 5.76 Å². The number of rotatable bonds is 3. The summed E-state index contributed by atoms with van der Waals surface area (Å²) in [5.74, 6) is -0.129. The van der Waals surface area contributed by atoms with Gasteiger partial charge in [0.05, 0.1) is 11.1 Å². The van der Waals surface area contributed by atoms with Crippen molar-refractivity contribution < 1.29 is 9.90 Å². The van der Waals surface area contributed by atoms with Crippen LogP contribution in [0, 0.1) is 0 Å². The third-order valence-electron chi connectivity index (χ3n) is 4.37. The molecule has 0 aromatic heterocycles. The number of halogens is 1. The fourth-order valence-corrected chi connectivity index (χ4v) is 3.20. The second kappa shape index (κ2) is 6.10. The zero-order valence-electron chi connectivity index (χ0n) is 12.6. The van der Waals surface area contributed by atoms with Crippen LogP contribution in [-0.4, -0.2) is 16.6 Å². The Balaban J connectivity index is 2.51. The summed E-state index contributed by atoms with van der Waals surface area (Å²) in [7, 11) is 0. The lowest BCUT2D eigenvalue weighted by Crippen LogP contribution is -2.46. The van der Waals surface area contributed by atoms with E-state index in [4.69, 9.17) is 11.6 Å². The predicted molar refractivity (Wildman–Crippen MR) is 86.1 cm³/mol. The zero-order valence-corrected chi connectivity index (χ0v) is 13.4. The molecular weight excluding hydrogens is 286 g/mol. The van der Waals surface area contributed by atoms with E-state index in [2.05, 4.69) is 11.9 Å². The van der Waals surface area contributed by atoms with Gasteiger partial charge in [-0.2, -0.15) is 0 Å². The molecule has 1 aliphatic carbocycles. The minimum absolute atomic E-state index is 0.129. The molecule has 2 aliphatic rings. The van der Waals surface area contributed by atoms with Gasteiger partial charge in [0, 0.05) is 10.6 Å². The van der Waals surface area contributed by atoms with E-state index in [1.807, 2.05) is 19.9 Å². The van der Waals surface area contributed by atoms with Crippen LogP contribution in [0.3, 0.4) is 0 Å². The lowest BCUT2D eigenvalue weighted by atomic mass is 9.80. The smallest absolute Gasteiger partial charge is 0.256 e. The van der Waals surface area contributed by atoms with Crippen LogP contribution in [0.2, 0.25) is 0 Å². The molecule has 0 unspecified atom stereocenters. The highest BCUT2D eigenvalue weighted by Gasteiger charge is 2.46. The average molecular weight is 308 g/mol. The van der Waals surface area contributed by atoms with Crippen LogP contribution in [0.15, 0.2) is 46.2 Å². The molecule has 0 aromatic rings. The van der Waals surface area contributed by atoms with E-state index in [0.717, 1.165) is 37.7 Å². The Kier molecular flexibility index (Phi) is 4.62. The van der Waals surface area contributed by atoms with E-state index in [1.165, 1.54) is 0 Å². The van der Waals surface area contributed by atoms with Crippen molar-refractivity contribution in [2.24, 2.45) is 0 Å². The minimum atomic E-state index is -0.597. The second-order valence-corrected chi connectivity index (χ2v) is 6.27. The first kappa shape index (κ1) is 15.9. The summed E-state index contributed by atoms with van der Waals surface area (Å²) >= 11 is 6.07. The SMILES string of the molecule is C=C(Cl)/C(=C\C(C)=C/C)C1=C(O)C2(CCCCC2)NC1=O. The van der Waals surface area contributed by atoms with Crippen LogP contribution in [-0.2, 0) is 4.79 Å². The number of hydrogen-bond acceptors (Lipinski definition) is 2. The van der Waals surface area contributed by atoms with Crippen LogP contribution in [0.5, 0.6) is 0 Å². The highest BCUT2D eigenvalue weighted by atomic mass is 35.5. The van der Waals surface area contributed by atoms with Gasteiger partial charge in [0.25, 0.3) is 5.91 Å². The molecule has 0 bridgehead atoms. The summed E-state index contributed by atoms with van der Waals surface area (Å²) in [6.07, 6.45) is 8.42. The monoisotopic (exact) mass is 307 g/mol. The Hall–Kier alpha value is -1.48. The van der Waals surface area contributed by atoms with Crippen LogP contribution in [0.1, 0.15) is 46.0 Å². The van der Waals surface area contributed by atoms with E-state index in [1.54, 1.807) is 6.08 Å². The quantitative estimate of drug-likeness (QED) is 0.765. The van der Waals surface area contributed by atoms with Crippen molar-refractivity contribution in [2.45, 2.75) is 51.5 Å². The predicted octanol–water partition coefficient (Wildman–Crippen LogP) is 4.28. The lowest BCUT2D eigenvalue weighted by Gasteiger charge is -2.33. The molecule has 114 valence electrons. The molecule has 4 heteroatoms. The molecule has 0 radical (unpaired) electrons. The summed E-state index contributed by atoms with van der Waals surface area (Å²) in [5.41, 5.74) is 1.15. The largest absolute Gasteiger partial charge is 0.509 e. The molecule has 1 heterocycles. The Labute approximate surface area is 131 Å². The van der Waals surface area contributed by atoms with Gasteiger partial charge in [-0.25, -0.2) is 0 Å². The number of carbonyl (C=O) groups is 1. The maximum absolute atomic E-state index is 12.4. The topological polar surface area (TPSA) is 49.3 Å². The summed E-state index contributed by atoms with van der Waals surface area (Å²) in [6.45, 7) is 7.56. The maximum atomic E-state index is 12.4. The van der Waals surface area contributed by atoms with Gasteiger partial charge >= 0.3 is 0 Å². The van der Waals surface area contributed by atoms with Crippen molar-refractivity contribution in [2.75, 3.05) is 0 Å². The van der Waals surface area contributed by atoms with E-state index in [9.17, 15) is 9.90 Å². The first-order valence-corrected chi connectivity index (χ1v) is 7.75. The van der Waals surface area contributed by atoms with Crippen molar-refractivity contribution in [3.63, 3.8) is 0 Å². The number of amides is 1. The maximum Gasteiger partial charge on any atom is 0.256 e. The van der Waals surface area contributed by atoms with Crippen molar-refractivity contribution in [1.82, 2.24) is 5.32 Å². The molecule has 2 N–H and O–H groups in total. The molecule has 1 spiro atoms. The van der Waals surface area contributed by atoms with Crippen LogP contribution in [0.4, 0.5) is 0 Å². The zero-order chi connectivity index (χ0) is 15.6. The number of nitrogens with one attached hydrogen (secondary N) is 1. The molecule has 2 rings (SSSR count). The van der Waals surface area contributed by atoms with Crippen molar-refractivity contribution in [3.05, 3.63) is 46.2 Å². The Morgan fingerprint density at radius 3 is 2.52 bits per heavy atom. The Morgan fingerprint density at radius 2 is 2.00 bits per heavy atom. The molecule has 1 saturated carbocycles. The molecule has 0 aromatic carbocycles. The van der Waals surface area contributed by atoms with E-state index in [0.29, 0.717) is 5.57 Å². The summed E-state index contributed by atoms with van der Waals surface area (Å²) < 4.78 is 0. The normalized spacial score (nSPS) is 22.7. The van der Waals surface area contributed by atoms with Crippen molar-refractivity contribution in [1.29, 1.82) is 0 Å². The first-order valence-electron chi connectivity index (χ1n) is 7.37. The highest BCUT2D eigenvalue weighted by Crippen LogP contribution is 2.41. The third kappa shape index (κ3) is 2.93. The standard InChI is InChI=1S/C17H22ClNO2/c1-4-11(2)10-13(12(3)18)14-15(20)17(19-16(14)21)8-6-5-7-9-17/h4,10,20H,3,5-9H2,1-2H3,(H,19,21)/b11-4-,13-10+. The molecule has 1 aliphatic heterocycles. The van der Waals surface area contributed by atoms with Gasteiger partial charge in [-0.3, -0.25) is 4.79 Å². The number of allylic oxidation sites excluding steroid dienone is 4. The first-order chi connectivity index (χ1) is 9.91. The number of carbonyl (C=O) groups excluding carboxylic acids is 1. The third-order valence-corrected chi connectivity index (χ3v) is 4.57. The molecule has 0 atom stereocenters. The summed E-state index contributed by atoms with van der Waals surface area (Å²) in [6, 6.07) is 0. The van der Waals surface area contributed by atoms with Gasteiger partial charge in [-0.15, -0.1) is 0 Å². The number of hydrogen-bond donors (Lipinski definition) is 2.